The highest BCUT2D eigenvalue weighted by atomic mass is 16.6. The van der Waals surface area contributed by atoms with Crippen molar-refractivity contribution in [1.29, 1.82) is 0 Å². The van der Waals surface area contributed by atoms with Crippen molar-refractivity contribution in [3.8, 4) is 17.3 Å². The van der Waals surface area contributed by atoms with Crippen molar-refractivity contribution in [2.45, 2.75) is 59.2 Å². The lowest BCUT2D eigenvalue weighted by Gasteiger charge is -2.27. The molecule has 0 bridgehead atoms. The molecule has 2 atom stereocenters. The highest BCUT2D eigenvalue weighted by Crippen LogP contribution is 2.29. The maximum atomic E-state index is 12.2. The molecule has 0 aliphatic heterocycles. The van der Waals surface area contributed by atoms with Gasteiger partial charge in [0.05, 0.1) is 0 Å². The molecule has 1 aromatic carbocycles. The summed E-state index contributed by atoms with van der Waals surface area (Å²) in [6.07, 6.45) is 3.06. The molecule has 1 unspecified atom stereocenters. The summed E-state index contributed by atoms with van der Waals surface area (Å²) in [5.74, 6) is 1.50. The maximum Gasteiger partial charge on any atom is 0.407 e. The Morgan fingerprint density at radius 3 is 2.60 bits per heavy atom. The third-order valence-corrected chi connectivity index (χ3v) is 5.86. The lowest BCUT2D eigenvalue weighted by molar-refractivity contribution is 0.0493. The first-order valence-corrected chi connectivity index (χ1v) is 12.1. The molecular weight excluding hydrogens is 442 g/mol. The highest BCUT2D eigenvalue weighted by molar-refractivity contribution is 5.86. The maximum absolute atomic E-state index is 12.2. The number of alkyl carbamates (subject to hydrolysis) is 1. The minimum absolute atomic E-state index is 0.0973. The van der Waals surface area contributed by atoms with Crippen molar-refractivity contribution in [1.82, 2.24) is 24.9 Å². The van der Waals surface area contributed by atoms with E-state index in [-0.39, 0.29) is 12.0 Å². The Balaban J connectivity index is 1.58. The molecule has 3 heterocycles. The molecule has 35 heavy (non-hydrogen) atoms. The van der Waals surface area contributed by atoms with Crippen LogP contribution in [0, 0.1) is 5.92 Å². The fourth-order valence-corrected chi connectivity index (χ4v) is 4.10. The standard InChI is InChI=1S/C27H33N5O3/c1-6-18(17-28-26(33)35-27(3,4)5)21(7-2)34-22-12-10-11-19-14-15-20(29-24(19)22)25-31-30-23-13-8-9-16-32(23)25/h8-16,18,21H,6-7,17H2,1-5H3,(H,28,33)/t18-,21?/m0/s1. The number of carbonyl (C=O) groups is 1. The van der Waals surface area contributed by atoms with Crippen LogP contribution in [0.2, 0.25) is 0 Å². The van der Waals surface area contributed by atoms with E-state index in [0.29, 0.717) is 18.1 Å². The first kappa shape index (κ1) is 24.4. The summed E-state index contributed by atoms with van der Waals surface area (Å²) in [6, 6.07) is 15.7. The van der Waals surface area contributed by atoms with Crippen LogP contribution >= 0.6 is 0 Å². The highest BCUT2D eigenvalue weighted by Gasteiger charge is 2.24. The second-order valence-electron chi connectivity index (χ2n) is 9.59. The average molecular weight is 476 g/mol. The molecule has 0 saturated heterocycles. The number of fused-ring (bicyclic) bond motifs is 2. The molecular formula is C27H33N5O3. The van der Waals surface area contributed by atoms with Crippen molar-refractivity contribution < 1.29 is 14.3 Å². The largest absolute Gasteiger partial charge is 0.488 e. The van der Waals surface area contributed by atoms with E-state index in [1.54, 1.807) is 0 Å². The molecule has 0 saturated carbocycles. The van der Waals surface area contributed by atoms with Crippen LogP contribution in [-0.4, -0.2) is 43.9 Å². The number of pyridine rings is 2. The number of ether oxygens (including phenoxy) is 2. The van der Waals surface area contributed by atoms with Gasteiger partial charge >= 0.3 is 6.09 Å². The van der Waals surface area contributed by atoms with Crippen LogP contribution in [0.1, 0.15) is 47.5 Å². The molecule has 8 nitrogen and oxygen atoms in total. The fraction of sp³-hybridized carbons (Fsp3) is 0.407. The van der Waals surface area contributed by atoms with E-state index in [1.807, 2.05) is 79.9 Å². The van der Waals surface area contributed by atoms with Crippen LogP contribution in [0.25, 0.3) is 28.1 Å². The summed E-state index contributed by atoms with van der Waals surface area (Å²) in [4.78, 5) is 17.1. The van der Waals surface area contributed by atoms with Gasteiger partial charge < -0.3 is 14.8 Å². The van der Waals surface area contributed by atoms with Crippen LogP contribution in [0.5, 0.6) is 5.75 Å². The molecule has 0 aliphatic carbocycles. The van der Waals surface area contributed by atoms with E-state index in [0.717, 1.165) is 35.1 Å². The summed E-state index contributed by atoms with van der Waals surface area (Å²) in [7, 11) is 0. The SMILES string of the molecule is CCC(Oc1cccc2ccc(-c3nnc4ccccn34)nc12)[C@@H](CC)CNC(=O)OC(C)(C)C. The van der Waals surface area contributed by atoms with Gasteiger partial charge in [0.2, 0.25) is 0 Å². The van der Waals surface area contributed by atoms with Crippen LogP contribution < -0.4 is 10.1 Å². The second-order valence-corrected chi connectivity index (χ2v) is 9.59. The van der Waals surface area contributed by atoms with Gasteiger partial charge in [-0.25, -0.2) is 9.78 Å². The van der Waals surface area contributed by atoms with Crippen molar-refractivity contribution in [2.75, 3.05) is 6.54 Å². The number of benzene rings is 1. The Hall–Kier alpha value is -3.68. The summed E-state index contributed by atoms with van der Waals surface area (Å²) in [6.45, 7) is 10.2. The zero-order valence-electron chi connectivity index (χ0n) is 21.0. The quantitative estimate of drug-likeness (QED) is 0.354. The Morgan fingerprint density at radius 2 is 1.86 bits per heavy atom. The van der Waals surface area contributed by atoms with Crippen LogP contribution in [0.15, 0.2) is 54.7 Å². The third-order valence-electron chi connectivity index (χ3n) is 5.86. The van der Waals surface area contributed by atoms with Gasteiger partial charge in [-0.1, -0.05) is 38.1 Å². The molecule has 184 valence electrons. The molecule has 3 aromatic heterocycles. The third kappa shape index (κ3) is 5.70. The second kappa shape index (κ2) is 10.3. The smallest absolute Gasteiger partial charge is 0.407 e. The fourth-order valence-electron chi connectivity index (χ4n) is 4.10. The van der Waals surface area contributed by atoms with Crippen molar-refractivity contribution in [3.05, 3.63) is 54.7 Å². The number of rotatable bonds is 8. The average Bonchev–Trinajstić information content (AvgIpc) is 3.26. The number of amides is 1. The van der Waals surface area contributed by atoms with Gasteiger partial charge in [-0.15, -0.1) is 10.2 Å². The van der Waals surface area contributed by atoms with Gasteiger partial charge in [-0.2, -0.15) is 0 Å². The first-order chi connectivity index (χ1) is 16.8. The van der Waals surface area contributed by atoms with Crippen molar-refractivity contribution >= 4 is 22.6 Å². The predicted molar refractivity (Wildman–Crippen MR) is 136 cm³/mol. The lowest BCUT2D eigenvalue weighted by atomic mass is 9.97. The van der Waals surface area contributed by atoms with Gasteiger partial charge in [-0.3, -0.25) is 4.40 Å². The monoisotopic (exact) mass is 475 g/mol. The summed E-state index contributed by atoms with van der Waals surface area (Å²) in [5.41, 5.74) is 1.72. The number of aromatic nitrogens is 4. The Morgan fingerprint density at radius 1 is 1.03 bits per heavy atom. The van der Waals surface area contributed by atoms with Gasteiger partial charge in [0.1, 0.15) is 28.7 Å². The molecule has 0 spiro atoms. The number of carbonyl (C=O) groups excluding carboxylic acids is 1. The summed E-state index contributed by atoms with van der Waals surface area (Å²) >= 11 is 0. The lowest BCUT2D eigenvalue weighted by Crippen LogP contribution is -2.39. The molecule has 0 aliphatic rings. The Bertz CT molecular complexity index is 1310. The van der Waals surface area contributed by atoms with E-state index < -0.39 is 11.7 Å². The zero-order valence-corrected chi connectivity index (χ0v) is 21.0. The van der Waals surface area contributed by atoms with E-state index in [1.165, 1.54) is 0 Å². The minimum Gasteiger partial charge on any atom is -0.488 e. The molecule has 1 N–H and O–H groups in total. The molecule has 0 radical (unpaired) electrons. The Labute approximate surface area is 205 Å². The molecule has 4 aromatic rings. The van der Waals surface area contributed by atoms with E-state index in [2.05, 4.69) is 29.4 Å². The molecule has 8 heteroatoms. The van der Waals surface area contributed by atoms with Gasteiger partial charge in [-0.05, 0) is 57.9 Å². The van der Waals surface area contributed by atoms with Crippen LogP contribution in [0.4, 0.5) is 4.79 Å². The van der Waals surface area contributed by atoms with Crippen molar-refractivity contribution in [2.24, 2.45) is 5.92 Å². The van der Waals surface area contributed by atoms with Gasteiger partial charge in [0.25, 0.3) is 0 Å². The molecule has 4 rings (SSSR count). The number of nitrogens with one attached hydrogen (secondary N) is 1. The molecule has 1 amide bonds. The normalized spacial score (nSPS) is 13.5. The van der Waals surface area contributed by atoms with Crippen LogP contribution in [-0.2, 0) is 4.74 Å². The number of para-hydroxylation sites is 1. The topological polar surface area (TPSA) is 90.6 Å². The molecule has 0 fully saturated rings. The first-order valence-electron chi connectivity index (χ1n) is 12.1. The van der Waals surface area contributed by atoms with Crippen LogP contribution in [0.3, 0.4) is 0 Å². The number of nitrogens with zero attached hydrogens (tertiary/aromatic N) is 4. The zero-order chi connectivity index (χ0) is 25.0. The van der Waals surface area contributed by atoms with Gasteiger partial charge in [0, 0.05) is 24.0 Å². The number of hydrogen-bond donors (Lipinski definition) is 1. The van der Waals surface area contributed by atoms with Crippen molar-refractivity contribution in [3.63, 3.8) is 0 Å². The van der Waals surface area contributed by atoms with Gasteiger partial charge in [0.15, 0.2) is 11.5 Å². The van der Waals surface area contributed by atoms with E-state index in [4.69, 9.17) is 14.5 Å². The minimum atomic E-state index is -0.533. The van der Waals surface area contributed by atoms with E-state index in [9.17, 15) is 4.79 Å². The predicted octanol–water partition coefficient (Wildman–Crippen LogP) is 5.65. The summed E-state index contributed by atoms with van der Waals surface area (Å²) < 4.78 is 13.8. The number of hydrogen-bond acceptors (Lipinski definition) is 6. The summed E-state index contributed by atoms with van der Waals surface area (Å²) in [5, 5.41) is 12.5. The Kier molecular flexibility index (Phi) is 7.19. The van der Waals surface area contributed by atoms with E-state index >= 15 is 0 Å².